The molecule has 0 atom stereocenters. The van der Waals surface area contributed by atoms with Gasteiger partial charge in [0.15, 0.2) is 0 Å². The average Bonchev–Trinajstić information content (AvgIpc) is 2.25. The topological polar surface area (TPSA) is 50.2 Å². The minimum absolute atomic E-state index is 0.390. The number of carbonyl (C=O) groups is 1. The van der Waals surface area contributed by atoms with Crippen LogP contribution in [0.5, 0.6) is 0 Å². The average molecular weight is 207 g/mol. The van der Waals surface area contributed by atoms with Gasteiger partial charge in [-0.15, -0.1) is 0 Å². The fraction of sp³-hybridized carbons (Fsp3) is 0.500. The zero-order valence-corrected chi connectivity index (χ0v) is 9.07. The quantitative estimate of drug-likeness (QED) is 0.730. The summed E-state index contributed by atoms with van der Waals surface area (Å²) in [6, 6.07) is 1.57. The van der Waals surface area contributed by atoms with E-state index >= 15 is 0 Å². The number of hydrogen-bond donors (Lipinski definition) is 1. The van der Waals surface area contributed by atoms with Gasteiger partial charge in [-0.05, 0) is 24.5 Å². The molecular weight excluding hydrogens is 190 g/mol. The first-order valence-corrected chi connectivity index (χ1v) is 5.42. The zero-order valence-electron chi connectivity index (χ0n) is 9.07. The third-order valence-electron chi connectivity index (χ3n) is 2.43. The highest BCUT2D eigenvalue weighted by molar-refractivity contribution is 5.89. The van der Waals surface area contributed by atoms with Crippen LogP contribution in [0.2, 0.25) is 0 Å². The predicted molar refractivity (Wildman–Crippen MR) is 59.0 cm³/mol. The van der Waals surface area contributed by atoms with Crippen LogP contribution in [0.3, 0.4) is 0 Å². The maximum atomic E-state index is 10.9. The highest BCUT2D eigenvalue weighted by Gasteiger charge is 2.08. The molecule has 15 heavy (non-hydrogen) atoms. The van der Waals surface area contributed by atoms with Gasteiger partial charge < -0.3 is 5.11 Å². The number of nitrogens with zero attached hydrogens (tertiary/aromatic N) is 1. The van der Waals surface area contributed by atoms with Gasteiger partial charge in [0.2, 0.25) is 0 Å². The molecule has 3 nitrogen and oxygen atoms in total. The summed E-state index contributed by atoms with van der Waals surface area (Å²) in [6.07, 6.45) is 8.61. The van der Waals surface area contributed by atoms with E-state index in [1.807, 2.05) is 0 Å². The van der Waals surface area contributed by atoms with Crippen molar-refractivity contribution in [3.8, 4) is 0 Å². The normalized spacial score (nSPS) is 10.2. The molecule has 0 fully saturated rings. The summed E-state index contributed by atoms with van der Waals surface area (Å²) < 4.78 is 0. The van der Waals surface area contributed by atoms with E-state index in [0.29, 0.717) is 5.56 Å². The SMILES string of the molecule is CCCCCCc1cnccc1C(=O)O. The number of unbranched alkanes of at least 4 members (excludes halogenated alkanes) is 3. The van der Waals surface area contributed by atoms with Crippen molar-refractivity contribution in [3.05, 3.63) is 29.6 Å². The number of pyridine rings is 1. The van der Waals surface area contributed by atoms with Crippen LogP contribution in [0.25, 0.3) is 0 Å². The van der Waals surface area contributed by atoms with Gasteiger partial charge in [0, 0.05) is 12.4 Å². The molecule has 0 aliphatic heterocycles. The number of carboxylic acids is 1. The first kappa shape index (κ1) is 11.7. The molecule has 82 valence electrons. The van der Waals surface area contributed by atoms with E-state index in [9.17, 15) is 4.79 Å². The van der Waals surface area contributed by atoms with Crippen molar-refractivity contribution in [1.82, 2.24) is 4.98 Å². The van der Waals surface area contributed by atoms with Crippen LogP contribution in [0.4, 0.5) is 0 Å². The molecule has 0 radical (unpaired) electrons. The fourth-order valence-corrected chi connectivity index (χ4v) is 1.58. The Morgan fingerprint density at radius 2 is 2.20 bits per heavy atom. The highest BCUT2D eigenvalue weighted by Crippen LogP contribution is 2.11. The largest absolute Gasteiger partial charge is 0.478 e. The van der Waals surface area contributed by atoms with Gasteiger partial charge in [0.25, 0.3) is 0 Å². The summed E-state index contributed by atoms with van der Waals surface area (Å²) >= 11 is 0. The Balaban J connectivity index is 2.56. The minimum atomic E-state index is -0.858. The van der Waals surface area contributed by atoms with Crippen molar-refractivity contribution >= 4 is 5.97 Å². The number of aromatic nitrogens is 1. The van der Waals surface area contributed by atoms with Crippen molar-refractivity contribution in [2.45, 2.75) is 39.0 Å². The van der Waals surface area contributed by atoms with E-state index in [1.54, 1.807) is 12.3 Å². The maximum Gasteiger partial charge on any atom is 0.336 e. The minimum Gasteiger partial charge on any atom is -0.478 e. The summed E-state index contributed by atoms with van der Waals surface area (Å²) in [5.41, 5.74) is 1.24. The van der Waals surface area contributed by atoms with Gasteiger partial charge >= 0.3 is 5.97 Å². The lowest BCUT2D eigenvalue weighted by atomic mass is 10.0. The van der Waals surface area contributed by atoms with Crippen LogP contribution in [-0.4, -0.2) is 16.1 Å². The highest BCUT2D eigenvalue weighted by atomic mass is 16.4. The maximum absolute atomic E-state index is 10.9. The van der Waals surface area contributed by atoms with Gasteiger partial charge in [-0.25, -0.2) is 4.79 Å². The van der Waals surface area contributed by atoms with E-state index in [2.05, 4.69) is 11.9 Å². The first-order chi connectivity index (χ1) is 7.25. The standard InChI is InChI=1S/C12H17NO2/c1-2-3-4-5-6-10-9-13-8-7-11(10)12(14)15/h7-9H,2-6H2,1H3,(H,14,15). The smallest absolute Gasteiger partial charge is 0.336 e. The summed E-state index contributed by atoms with van der Waals surface area (Å²) in [5.74, 6) is -0.858. The molecule has 1 aromatic heterocycles. The molecule has 0 amide bonds. The second-order valence-electron chi connectivity index (χ2n) is 3.65. The zero-order chi connectivity index (χ0) is 11.1. The van der Waals surface area contributed by atoms with Gasteiger partial charge in [0.1, 0.15) is 0 Å². The monoisotopic (exact) mass is 207 g/mol. The molecule has 1 N–H and O–H groups in total. The van der Waals surface area contributed by atoms with Crippen molar-refractivity contribution in [3.63, 3.8) is 0 Å². The molecule has 0 bridgehead atoms. The Kier molecular flexibility index (Phi) is 4.81. The molecule has 1 aromatic rings. The number of aromatic carboxylic acids is 1. The Bertz CT molecular complexity index is 323. The molecule has 0 saturated carbocycles. The van der Waals surface area contributed by atoms with Crippen LogP contribution < -0.4 is 0 Å². The number of aryl methyl sites for hydroxylation is 1. The lowest BCUT2D eigenvalue weighted by Gasteiger charge is -2.04. The van der Waals surface area contributed by atoms with Gasteiger partial charge in [-0.1, -0.05) is 26.2 Å². The Hall–Kier alpha value is -1.38. The van der Waals surface area contributed by atoms with E-state index in [-0.39, 0.29) is 0 Å². The Labute approximate surface area is 90.2 Å². The molecule has 3 heteroatoms. The molecule has 1 rings (SSSR count). The van der Waals surface area contributed by atoms with Crippen molar-refractivity contribution < 1.29 is 9.90 Å². The van der Waals surface area contributed by atoms with Gasteiger partial charge in [-0.2, -0.15) is 0 Å². The first-order valence-electron chi connectivity index (χ1n) is 5.42. The van der Waals surface area contributed by atoms with E-state index in [0.717, 1.165) is 24.8 Å². The lowest BCUT2D eigenvalue weighted by molar-refractivity contribution is 0.0695. The molecule has 0 aromatic carbocycles. The molecular formula is C12H17NO2. The Morgan fingerprint density at radius 1 is 1.40 bits per heavy atom. The lowest BCUT2D eigenvalue weighted by Crippen LogP contribution is -2.03. The van der Waals surface area contributed by atoms with E-state index in [4.69, 9.17) is 5.11 Å². The molecule has 0 unspecified atom stereocenters. The number of hydrogen-bond acceptors (Lipinski definition) is 2. The third kappa shape index (κ3) is 3.70. The summed E-state index contributed by atoms with van der Waals surface area (Å²) in [7, 11) is 0. The molecule has 0 aliphatic carbocycles. The second-order valence-corrected chi connectivity index (χ2v) is 3.65. The van der Waals surface area contributed by atoms with Crippen molar-refractivity contribution in [1.29, 1.82) is 0 Å². The number of carboxylic acid groups (broad SMARTS) is 1. The van der Waals surface area contributed by atoms with Crippen LogP contribution in [0, 0.1) is 0 Å². The molecule has 0 aliphatic rings. The van der Waals surface area contributed by atoms with Crippen LogP contribution in [-0.2, 0) is 6.42 Å². The predicted octanol–water partition coefficient (Wildman–Crippen LogP) is 2.90. The fourth-order valence-electron chi connectivity index (χ4n) is 1.58. The Morgan fingerprint density at radius 3 is 2.87 bits per heavy atom. The number of rotatable bonds is 6. The summed E-state index contributed by atoms with van der Waals surface area (Å²) in [4.78, 5) is 14.8. The van der Waals surface area contributed by atoms with Crippen molar-refractivity contribution in [2.75, 3.05) is 0 Å². The molecule has 1 heterocycles. The second kappa shape index (κ2) is 6.17. The van der Waals surface area contributed by atoms with Gasteiger partial charge in [-0.3, -0.25) is 4.98 Å². The van der Waals surface area contributed by atoms with Crippen LogP contribution >= 0.6 is 0 Å². The molecule has 0 spiro atoms. The van der Waals surface area contributed by atoms with Crippen molar-refractivity contribution in [2.24, 2.45) is 0 Å². The summed E-state index contributed by atoms with van der Waals surface area (Å²) in [5, 5.41) is 8.94. The third-order valence-corrected chi connectivity index (χ3v) is 2.43. The summed E-state index contributed by atoms with van der Waals surface area (Å²) in [6.45, 7) is 2.16. The molecule has 0 saturated heterocycles. The van der Waals surface area contributed by atoms with Crippen LogP contribution in [0.15, 0.2) is 18.5 Å². The van der Waals surface area contributed by atoms with Crippen LogP contribution in [0.1, 0.15) is 48.5 Å². The van der Waals surface area contributed by atoms with E-state index in [1.165, 1.54) is 19.0 Å². The van der Waals surface area contributed by atoms with Gasteiger partial charge in [0.05, 0.1) is 5.56 Å². The van der Waals surface area contributed by atoms with E-state index < -0.39 is 5.97 Å².